The van der Waals surface area contributed by atoms with Crippen LogP contribution in [-0.2, 0) is 18.6 Å². The van der Waals surface area contributed by atoms with E-state index in [1.165, 1.54) is 0 Å². The maximum Gasteiger partial charge on any atom is 0.337 e. The Balaban J connectivity index is 0.000000284. The van der Waals surface area contributed by atoms with Gasteiger partial charge in [-0.25, -0.2) is 9.78 Å². The smallest absolute Gasteiger partial charge is 0.337 e. The fourth-order valence-corrected chi connectivity index (χ4v) is 2.65. The molecule has 1 heterocycles. The van der Waals surface area contributed by atoms with Crippen molar-refractivity contribution < 1.29 is 28.5 Å². The van der Waals surface area contributed by atoms with Gasteiger partial charge in [0.05, 0.1) is 16.5 Å². The number of aromatic carboxylic acids is 1. The Morgan fingerprint density at radius 1 is 1.00 bits per heavy atom. The van der Waals surface area contributed by atoms with Crippen LogP contribution >= 0.6 is 0 Å². The van der Waals surface area contributed by atoms with E-state index in [4.69, 9.17) is 16.6 Å². The molecule has 7 nitrogen and oxygen atoms in total. The molecule has 0 aliphatic rings. The Hall–Kier alpha value is -2.77. The number of nitrogens with zero attached hydrogens (tertiary/aromatic N) is 1. The van der Waals surface area contributed by atoms with E-state index in [1.807, 2.05) is 38.1 Å². The minimum atomic E-state index is -0.972. The van der Waals surface area contributed by atoms with E-state index in [0.29, 0.717) is 28.4 Å². The van der Waals surface area contributed by atoms with Crippen molar-refractivity contribution in [1.29, 1.82) is 0 Å². The number of carbonyl (C=O) groups is 1. The minimum Gasteiger partial charge on any atom is -0.478 e. The van der Waals surface area contributed by atoms with Crippen LogP contribution in [0.3, 0.4) is 0 Å². The van der Waals surface area contributed by atoms with E-state index in [0.717, 1.165) is 11.1 Å². The summed E-state index contributed by atoms with van der Waals surface area (Å²) in [4.78, 5) is 28.9. The zero-order chi connectivity index (χ0) is 21.0. The molecule has 0 saturated carbocycles. The van der Waals surface area contributed by atoms with Gasteiger partial charge in [0.25, 0.3) is 5.56 Å². The monoisotopic (exact) mass is 433 g/mol. The normalized spacial score (nSPS) is 10.4. The third-order valence-electron chi connectivity index (χ3n) is 4.39. The number of nitrogens with one attached hydrogen (secondary N) is 1. The second kappa shape index (κ2) is 10.1. The first-order valence-electron chi connectivity index (χ1n) is 9.02. The summed E-state index contributed by atoms with van der Waals surface area (Å²) in [6.45, 7) is 8.19. The molecule has 153 valence electrons. The summed E-state index contributed by atoms with van der Waals surface area (Å²) >= 11 is 0. The average Bonchev–Trinajstić information content (AvgIpc) is 2.61. The number of aromatic amines is 1. The molecule has 0 saturated heterocycles. The molecule has 0 atom stereocenters. The summed E-state index contributed by atoms with van der Waals surface area (Å²) in [5, 5.41) is 9.38. The number of aromatic nitrogens is 2. The number of carboxylic acid groups (broad SMARTS) is 1. The molecule has 0 bridgehead atoms. The Kier molecular flexibility index (Phi) is 8.49. The van der Waals surface area contributed by atoms with Crippen molar-refractivity contribution in [1.82, 2.24) is 9.97 Å². The molecule has 3 aromatic rings. The van der Waals surface area contributed by atoms with Crippen LogP contribution < -0.4 is 17.0 Å². The Morgan fingerprint density at radius 2 is 1.55 bits per heavy atom. The fourth-order valence-electron chi connectivity index (χ4n) is 2.65. The van der Waals surface area contributed by atoms with Crippen LogP contribution in [0.1, 0.15) is 61.0 Å². The van der Waals surface area contributed by atoms with Gasteiger partial charge in [-0.3, -0.25) is 9.78 Å². The first-order valence-corrected chi connectivity index (χ1v) is 9.02. The number of benzene rings is 2. The molecule has 0 aliphatic heterocycles. The molecule has 0 aliphatic carbocycles. The van der Waals surface area contributed by atoms with Gasteiger partial charge in [-0.2, -0.15) is 0 Å². The summed E-state index contributed by atoms with van der Waals surface area (Å²) in [6.07, 6.45) is 0. The van der Waals surface area contributed by atoms with E-state index in [-0.39, 0.29) is 35.6 Å². The second-order valence-corrected chi connectivity index (χ2v) is 7.19. The molecule has 29 heavy (non-hydrogen) atoms. The summed E-state index contributed by atoms with van der Waals surface area (Å²) in [5.41, 5.74) is 14.0. The summed E-state index contributed by atoms with van der Waals surface area (Å²) < 4.78 is 0. The molecule has 0 fully saturated rings. The molecule has 1 aromatic heterocycles. The number of nitrogen functional groups attached to an aromatic ring is 2. The van der Waals surface area contributed by atoms with Crippen LogP contribution in [0.5, 0.6) is 0 Å². The number of hydrogen-bond acceptors (Lipinski definition) is 5. The number of anilines is 2. The van der Waals surface area contributed by atoms with Gasteiger partial charge in [-0.1, -0.05) is 39.8 Å². The van der Waals surface area contributed by atoms with E-state index >= 15 is 0 Å². The van der Waals surface area contributed by atoms with Crippen LogP contribution in [-0.4, -0.2) is 21.0 Å². The van der Waals surface area contributed by atoms with E-state index in [9.17, 15) is 9.59 Å². The van der Waals surface area contributed by atoms with Crippen LogP contribution in [0.25, 0.3) is 10.9 Å². The van der Waals surface area contributed by atoms with Crippen LogP contribution in [0.4, 0.5) is 11.6 Å². The molecule has 3 rings (SSSR count). The zero-order valence-electron chi connectivity index (χ0n) is 16.9. The van der Waals surface area contributed by atoms with Crippen molar-refractivity contribution in [3.63, 3.8) is 0 Å². The van der Waals surface area contributed by atoms with Crippen molar-refractivity contribution in [3.8, 4) is 0 Å². The topological polar surface area (TPSA) is 135 Å². The molecular weight excluding hydrogens is 407 g/mol. The first kappa shape index (κ1) is 24.3. The van der Waals surface area contributed by atoms with Crippen LogP contribution in [0.15, 0.2) is 41.2 Å². The fraction of sp³-hybridized carbons (Fsp3) is 0.286. The van der Waals surface area contributed by atoms with Crippen LogP contribution in [0, 0.1) is 0 Å². The van der Waals surface area contributed by atoms with Gasteiger partial charge < -0.3 is 16.6 Å². The van der Waals surface area contributed by atoms with E-state index < -0.39 is 5.97 Å². The predicted molar refractivity (Wildman–Crippen MR) is 113 cm³/mol. The van der Waals surface area contributed by atoms with Crippen molar-refractivity contribution in [2.75, 3.05) is 11.5 Å². The SMILES string of the molecule is CC(C)c1ccc(N)c(C(=O)O)c1.CC(C)c1ccc2nc(N)[nH]c(=O)c2c1.[V]. The molecule has 1 radical (unpaired) electrons. The van der Waals surface area contributed by atoms with Crippen molar-refractivity contribution in [2.45, 2.75) is 39.5 Å². The Bertz CT molecular complexity index is 1060. The minimum absolute atomic E-state index is 0. The molecular formula is C21H26N4O3V. The van der Waals surface area contributed by atoms with Gasteiger partial charge in [-0.05, 0) is 47.2 Å². The molecule has 0 spiro atoms. The number of fused-ring (bicyclic) bond motifs is 1. The third kappa shape index (κ3) is 6.11. The van der Waals surface area contributed by atoms with Crippen LogP contribution in [0.2, 0.25) is 0 Å². The zero-order valence-corrected chi connectivity index (χ0v) is 18.3. The average molecular weight is 433 g/mol. The number of nitrogens with two attached hydrogens (primary N) is 2. The van der Waals surface area contributed by atoms with E-state index in [1.54, 1.807) is 12.1 Å². The van der Waals surface area contributed by atoms with Crippen molar-refractivity contribution >= 4 is 28.5 Å². The van der Waals surface area contributed by atoms with Crippen molar-refractivity contribution in [2.24, 2.45) is 0 Å². The largest absolute Gasteiger partial charge is 0.478 e. The number of hydrogen-bond donors (Lipinski definition) is 4. The number of H-pyrrole nitrogens is 1. The van der Waals surface area contributed by atoms with Gasteiger partial charge >= 0.3 is 5.97 Å². The van der Waals surface area contributed by atoms with Gasteiger partial charge in [0.15, 0.2) is 0 Å². The van der Waals surface area contributed by atoms with Crippen molar-refractivity contribution in [3.05, 3.63) is 63.4 Å². The van der Waals surface area contributed by atoms with E-state index in [2.05, 4.69) is 23.8 Å². The van der Waals surface area contributed by atoms with Gasteiger partial charge in [0.2, 0.25) is 5.95 Å². The summed E-state index contributed by atoms with van der Waals surface area (Å²) in [5.74, 6) is -0.102. The van der Waals surface area contributed by atoms with Gasteiger partial charge in [-0.15, -0.1) is 0 Å². The quantitative estimate of drug-likeness (QED) is 0.465. The Morgan fingerprint density at radius 3 is 2.10 bits per heavy atom. The molecule has 8 heteroatoms. The maximum absolute atomic E-state index is 11.6. The predicted octanol–water partition coefficient (Wildman–Crippen LogP) is 3.72. The summed E-state index contributed by atoms with van der Waals surface area (Å²) in [7, 11) is 0. The molecule has 0 amide bonds. The molecule has 6 N–H and O–H groups in total. The number of rotatable bonds is 3. The first-order chi connectivity index (χ1) is 13.1. The molecule has 0 unspecified atom stereocenters. The standard InChI is InChI=1S/C11H13N3O.C10H13NO2.V/c1-6(2)7-3-4-9-8(5-7)10(15)14-11(12)13-9;1-6(2)7-3-4-9(11)8(5-7)10(12)13;/h3-6H,1-2H3,(H3,12,13,14,15);3-6H,11H2,1-2H3,(H,12,13);. The third-order valence-corrected chi connectivity index (χ3v) is 4.39. The summed E-state index contributed by atoms with van der Waals surface area (Å²) in [6, 6.07) is 10.8. The number of carboxylic acids is 1. The Labute approximate surface area is 181 Å². The van der Waals surface area contributed by atoms with Gasteiger partial charge in [0.1, 0.15) is 0 Å². The second-order valence-electron chi connectivity index (χ2n) is 7.19. The molecule has 2 aromatic carbocycles. The maximum atomic E-state index is 11.6. The van der Waals surface area contributed by atoms with Gasteiger partial charge in [0, 0.05) is 24.2 Å².